The second kappa shape index (κ2) is 5.59. The minimum atomic E-state index is -0.605. The van der Waals surface area contributed by atoms with E-state index in [2.05, 4.69) is 6.92 Å². The highest BCUT2D eigenvalue weighted by molar-refractivity contribution is 5.91. The number of nitrogens with two attached hydrogens (primary N) is 1. The lowest BCUT2D eigenvalue weighted by Gasteiger charge is -2.28. The summed E-state index contributed by atoms with van der Waals surface area (Å²) >= 11 is 0. The normalized spacial score (nSPS) is 23.1. The molecule has 0 heterocycles. The van der Waals surface area contributed by atoms with E-state index in [4.69, 9.17) is 10.5 Å². The zero-order valence-corrected chi connectivity index (χ0v) is 11.4. The predicted molar refractivity (Wildman–Crippen MR) is 72.4 cm³/mol. The molecular weight excluding hydrogens is 245 g/mol. The molecule has 1 aliphatic rings. The van der Waals surface area contributed by atoms with Crippen molar-refractivity contribution in [1.29, 1.82) is 0 Å². The molecule has 104 valence electrons. The molecular formula is C15H20FNO2. The van der Waals surface area contributed by atoms with Gasteiger partial charge in [0.1, 0.15) is 11.9 Å². The van der Waals surface area contributed by atoms with Crippen molar-refractivity contribution in [3.05, 3.63) is 29.1 Å². The summed E-state index contributed by atoms with van der Waals surface area (Å²) in [5.74, 6) is -0.808. The molecule has 0 radical (unpaired) electrons. The van der Waals surface area contributed by atoms with Crippen LogP contribution in [0.3, 0.4) is 0 Å². The van der Waals surface area contributed by atoms with Crippen LogP contribution in [0.1, 0.15) is 48.5 Å². The monoisotopic (exact) mass is 265 g/mol. The maximum Gasteiger partial charge on any atom is 0.341 e. The Labute approximate surface area is 112 Å². The van der Waals surface area contributed by atoms with Crippen LogP contribution in [0, 0.1) is 18.7 Å². The first kappa shape index (κ1) is 13.8. The fourth-order valence-corrected chi connectivity index (χ4v) is 2.60. The average Bonchev–Trinajstić information content (AvgIpc) is 2.36. The molecule has 2 atom stereocenters. The van der Waals surface area contributed by atoms with Crippen molar-refractivity contribution in [3.8, 4) is 0 Å². The molecule has 0 saturated heterocycles. The van der Waals surface area contributed by atoms with Gasteiger partial charge in [0.2, 0.25) is 0 Å². The molecule has 2 N–H and O–H groups in total. The number of rotatable bonds is 2. The fourth-order valence-electron chi connectivity index (χ4n) is 2.60. The summed E-state index contributed by atoms with van der Waals surface area (Å²) in [4.78, 5) is 12.1. The van der Waals surface area contributed by atoms with E-state index in [-0.39, 0.29) is 11.7 Å². The van der Waals surface area contributed by atoms with E-state index in [9.17, 15) is 9.18 Å². The van der Waals surface area contributed by atoms with Crippen molar-refractivity contribution in [2.75, 3.05) is 5.73 Å². The van der Waals surface area contributed by atoms with Crippen LogP contribution < -0.4 is 5.73 Å². The largest absolute Gasteiger partial charge is 0.458 e. The number of carbonyl (C=O) groups excluding carboxylic acids is 1. The van der Waals surface area contributed by atoms with Gasteiger partial charge in [-0.2, -0.15) is 0 Å². The second-order valence-corrected chi connectivity index (χ2v) is 5.40. The van der Waals surface area contributed by atoms with Gasteiger partial charge < -0.3 is 10.5 Å². The quantitative estimate of drug-likeness (QED) is 0.658. The average molecular weight is 265 g/mol. The maximum absolute atomic E-state index is 13.9. The van der Waals surface area contributed by atoms with Gasteiger partial charge in [0.15, 0.2) is 0 Å². The van der Waals surface area contributed by atoms with Gasteiger partial charge in [-0.15, -0.1) is 0 Å². The lowest BCUT2D eigenvalue weighted by molar-refractivity contribution is 0.00435. The van der Waals surface area contributed by atoms with Crippen LogP contribution in [0.2, 0.25) is 0 Å². The van der Waals surface area contributed by atoms with Crippen LogP contribution in [0.25, 0.3) is 0 Å². The Balaban J connectivity index is 2.15. The number of ether oxygens (including phenoxy) is 1. The molecule has 1 saturated carbocycles. The molecule has 1 aromatic carbocycles. The first-order valence-corrected chi connectivity index (χ1v) is 6.75. The summed E-state index contributed by atoms with van der Waals surface area (Å²) in [5.41, 5.74) is 6.33. The zero-order chi connectivity index (χ0) is 14.0. The lowest BCUT2D eigenvalue weighted by atomic mass is 9.88. The van der Waals surface area contributed by atoms with E-state index >= 15 is 0 Å². The molecule has 0 aliphatic heterocycles. The van der Waals surface area contributed by atoms with Crippen LogP contribution in [0.4, 0.5) is 10.1 Å². The summed E-state index contributed by atoms with van der Waals surface area (Å²) in [6.45, 7) is 3.66. The highest BCUT2D eigenvalue weighted by Gasteiger charge is 2.26. The smallest absolute Gasteiger partial charge is 0.341 e. The molecule has 3 nitrogen and oxygen atoms in total. The Morgan fingerprint density at radius 3 is 2.74 bits per heavy atom. The summed E-state index contributed by atoms with van der Waals surface area (Å²) < 4.78 is 19.4. The van der Waals surface area contributed by atoms with E-state index in [1.165, 1.54) is 18.6 Å². The van der Waals surface area contributed by atoms with Gasteiger partial charge in [-0.1, -0.05) is 13.3 Å². The second-order valence-electron chi connectivity index (χ2n) is 5.40. The number of carbonyl (C=O) groups is 1. The third kappa shape index (κ3) is 3.06. The van der Waals surface area contributed by atoms with Crippen molar-refractivity contribution in [2.45, 2.75) is 45.6 Å². The van der Waals surface area contributed by atoms with Gasteiger partial charge in [0.05, 0.1) is 5.56 Å². The van der Waals surface area contributed by atoms with Crippen LogP contribution >= 0.6 is 0 Å². The molecule has 0 amide bonds. The first-order valence-electron chi connectivity index (χ1n) is 6.75. The number of hydrogen-bond donors (Lipinski definition) is 1. The van der Waals surface area contributed by atoms with Crippen molar-refractivity contribution >= 4 is 11.7 Å². The molecule has 1 fully saturated rings. The molecule has 1 aromatic rings. The third-order valence-electron chi connectivity index (χ3n) is 3.79. The van der Waals surface area contributed by atoms with Gasteiger partial charge >= 0.3 is 5.97 Å². The molecule has 4 heteroatoms. The predicted octanol–water partition coefficient (Wildman–Crippen LogP) is 3.45. The van der Waals surface area contributed by atoms with E-state index in [1.807, 2.05) is 0 Å². The summed E-state index contributed by atoms with van der Waals surface area (Å²) in [6, 6.07) is 2.85. The van der Waals surface area contributed by atoms with E-state index in [1.54, 1.807) is 6.92 Å². The number of hydrogen-bond acceptors (Lipinski definition) is 3. The third-order valence-corrected chi connectivity index (χ3v) is 3.79. The highest BCUT2D eigenvalue weighted by atomic mass is 19.1. The Hall–Kier alpha value is -1.58. The number of benzene rings is 1. The lowest BCUT2D eigenvalue weighted by Crippen LogP contribution is -2.28. The number of halogens is 1. The van der Waals surface area contributed by atoms with Gasteiger partial charge in [-0.3, -0.25) is 0 Å². The van der Waals surface area contributed by atoms with Crippen LogP contribution in [-0.4, -0.2) is 12.1 Å². The molecule has 0 spiro atoms. The first-order chi connectivity index (χ1) is 8.99. The number of aryl methyl sites for hydroxylation is 1. The fraction of sp³-hybridized carbons (Fsp3) is 0.533. The highest BCUT2D eigenvalue weighted by Crippen LogP contribution is 2.28. The van der Waals surface area contributed by atoms with Crippen molar-refractivity contribution in [3.63, 3.8) is 0 Å². The van der Waals surface area contributed by atoms with E-state index < -0.39 is 11.8 Å². The summed E-state index contributed by atoms with van der Waals surface area (Å²) in [7, 11) is 0. The van der Waals surface area contributed by atoms with Gasteiger partial charge in [0, 0.05) is 5.69 Å². The zero-order valence-electron chi connectivity index (χ0n) is 11.4. The van der Waals surface area contributed by atoms with Gasteiger partial charge in [0.25, 0.3) is 0 Å². The van der Waals surface area contributed by atoms with Crippen LogP contribution in [0.15, 0.2) is 12.1 Å². The Bertz CT molecular complexity index is 487. The van der Waals surface area contributed by atoms with Crippen molar-refractivity contribution < 1.29 is 13.9 Å². The van der Waals surface area contributed by atoms with Crippen molar-refractivity contribution in [1.82, 2.24) is 0 Å². The molecule has 2 rings (SSSR count). The van der Waals surface area contributed by atoms with Gasteiger partial charge in [-0.25, -0.2) is 9.18 Å². The molecule has 19 heavy (non-hydrogen) atoms. The Morgan fingerprint density at radius 1 is 1.37 bits per heavy atom. The molecule has 0 bridgehead atoms. The number of esters is 1. The SMILES string of the molecule is Cc1cc(N)cc(C(=O)OC2CCCCC2C)c1F. The molecule has 1 aliphatic carbocycles. The van der Waals surface area contributed by atoms with Crippen LogP contribution in [-0.2, 0) is 4.74 Å². The minimum Gasteiger partial charge on any atom is -0.458 e. The molecule has 2 unspecified atom stereocenters. The summed E-state index contributed by atoms with van der Waals surface area (Å²) in [5, 5.41) is 0. The van der Waals surface area contributed by atoms with E-state index in [0.717, 1.165) is 19.3 Å². The minimum absolute atomic E-state index is 0.0599. The van der Waals surface area contributed by atoms with E-state index in [0.29, 0.717) is 17.2 Å². The summed E-state index contributed by atoms with van der Waals surface area (Å²) in [6.07, 6.45) is 4.02. The molecule has 0 aromatic heterocycles. The van der Waals surface area contributed by atoms with Gasteiger partial charge in [-0.05, 0) is 49.8 Å². The van der Waals surface area contributed by atoms with Crippen molar-refractivity contribution in [2.24, 2.45) is 5.92 Å². The number of nitrogen functional groups attached to an aromatic ring is 1. The maximum atomic E-state index is 13.9. The van der Waals surface area contributed by atoms with Crippen LogP contribution in [0.5, 0.6) is 0 Å². The number of anilines is 1. The Kier molecular flexibility index (Phi) is 4.08. The standard InChI is InChI=1S/C15H20FNO2/c1-9-5-3-4-6-13(9)19-15(18)12-8-11(17)7-10(2)14(12)16/h7-9,13H,3-6,17H2,1-2H3. The topological polar surface area (TPSA) is 52.3 Å². The Morgan fingerprint density at radius 2 is 2.05 bits per heavy atom.